The van der Waals surface area contributed by atoms with Crippen molar-refractivity contribution in [2.24, 2.45) is 5.92 Å². The molecule has 1 aromatic heterocycles. The number of nitrogens with one attached hydrogen (secondary N) is 1. The Balaban J connectivity index is 1.50. The van der Waals surface area contributed by atoms with Gasteiger partial charge in [0.25, 0.3) is 0 Å². The second-order valence-electron chi connectivity index (χ2n) is 6.15. The molecule has 2 saturated carbocycles. The van der Waals surface area contributed by atoms with E-state index in [2.05, 4.69) is 29.4 Å². The molecule has 2 atom stereocenters. The Morgan fingerprint density at radius 2 is 2.16 bits per heavy atom. The van der Waals surface area contributed by atoms with E-state index in [4.69, 9.17) is 4.74 Å². The molecule has 0 aliphatic heterocycles. The Labute approximate surface area is 115 Å². The van der Waals surface area contributed by atoms with E-state index in [1.54, 1.807) is 0 Å². The number of hydrogen-bond donors (Lipinski definition) is 1. The third-order valence-electron chi connectivity index (χ3n) is 4.14. The molecule has 1 aromatic rings. The van der Waals surface area contributed by atoms with Crippen LogP contribution in [0.3, 0.4) is 0 Å². The molecule has 2 aliphatic carbocycles. The molecule has 0 radical (unpaired) electrons. The van der Waals surface area contributed by atoms with Crippen molar-refractivity contribution < 1.29 is 4.74 Å². The first-order chi connectivity index (χ1) is 9.29. The standard InChI is InChI=1S/C16H24N2O/c1-12-3-2-4-15(9-12)19-16-8-7-14(18-11-16)10-17-13-5-6-13/h7-8,11-13,15,17H,2-6,9-10H2,1H3. The maximum absolute atomic E-state index is 6.04. The van der Waals surface area contributed by atoms with Crippen LogP contribution in [0.15, 0.2) is 18.3 Å². The largest absolute Gasteiger partial charge is 0.489 e. The molecule has 3 rings (SSSR count). The molecule has 2 aliphatic rings. The second kappa shape index (κ2) is 5.91. The van der Waals surface area contributed by atoms with Crippen LogP contribution in [0.1, 0.15) is 51.1 Å². The maximum atomic E-state index is 6.04. The van der Waals surface area contributed by atoms with Gasteiger partial charge in [0.15, 0.2) is 0 Å². The first-order valence-corrected chi connectivity index (χ1v) is 7.64. The van der Waals surface area contributed by atoms with Gasteiger partial charge in [-0.3, -0.25) is 4.98 Å². The number of hydrogen-bond acceptors (Lipinski definition) is 3. The third kappa shape index (κ3) is 3.93. The minimum Gasteiger partial charge on any atom is -0.489 e. The normalized spacial score (nSPS) is 27.2. The quantitative estimate of drug-likeness (QED) is 0.882. The summed E-state index contributed by atoms with van der Waals surface area (Å²) >= 11 is 0. The van der Waals surface area contributed by atoms with Gasteiger partial charge in [-0.25, -0.2) is 0 Å². The summed E-state index contributed by atoms with van der Waals surface area (Å²) in [7, 11) is 0. The highest BCUT2D eigenvalue weighted by Crippen LogP contribution is 2.27. The van der Waals surface area contributed by atoms with Gasteiger partial charge >= 0.3 is 0 Å². The van der Waals surface area contributed by atoms with Gasteiger partial charge in [0.05, 0.1) is 18.0 Å². The predicted molar refractivity (Wildman–Crippen MR) is 76.1 cm³/mol. The molecular weight excluding hydrogens is 236 g/mol. The summed E-state index contributed by atoms with van der Waals surface area (Å²) in [5.41, 5.74) is 1.11. The topological polar surface area (TPSA) is 34.1 Å². The van der Waals surface area contributed by atoms with Gasteiger partial charge in [-0.15, -0.1) is 0 Å². The van der Waals surface area contributed by atoms with Crippen molar-refractivity contribution in [1.29, 1.82) is 0 Å². The van der Waals surface area contributed by atoms with Gasteiger partial charge in [0.1, 0.15) is 5.75 Å². The summed E-state index contributed by atoms with van der Waals surface area (Å²) in [6, 6.07) is 4.88. The lowest BCUT2D eigenvalue weighted by atomic mass is 9.89. The minimum absolute atomic E-state index is 0.390. The fourth-order valence-electron chi connectivity index (χ4n) is 2.80. The molecule has 2 fully saturated rings. The molecule has 3 heteroatoms. The van der Waals surface area contributed by atoms with Crippen LogP contribution in [0.5, 0.6) is 5.75 Å². The SMILES string of the molecule is CC1CCCC(Oc2ccc(CNC3CC3)nc2)C1. The zero-order valence-electron chi connectivity index (χ0n) is 11.8. The molecule has 0 saturated heterocycles. The molecule has 0 aromatic carbocycles. The summed E-state index contributed by atoms with van der Waals surface area (Å²) in [6.07, 6.45) is 9.93. The lowest BCUT2D eigenvalue weighted by Crippen LogP contribution is -2.24. The Morgan fingerprint density at radius 1 is 1.26 bits per heavy atom. The Hall–Kier alpha value is -1.09. The van der Waals surface area contributed by atoms with Crippen molar-refractivity contribution in [3.8, 4) is 5.75 Å². The van der Waals surface area contributed by atoms with Crippen molar-refractivity contribution in [2.45, 2.75) is 64.1 Å². The van der Waals surface area contributed by atoms with Gasteiger partial charge < -0.3 is 10.1 Å². The van der Waals surface area contributed by atoms with Crippen LogP contribution in [0.2, 0.25) is 0 Å². The fraction of sp³-hybridized carbons (Fsp3) is 0.688. The number of aromatic nitrogens is 1. The molecule has 3 nitrogen and oxygen atoms in total. The third-order valence-corrected chi connectivity index (χ3v) is 4.14. The highest BCUT2D eigenvalue weighted by Gasteiger charge is 2.21. The van der Waals surface area contributed by atoms with Crippen LogP contribution in [0.25, 0.3) is 0 Å². The molecular formula is C16H24N2O. The van der Waals surface area contributed by atoms with Crippen molar-refractivity contribution in [1.82, 2.24) is 10.3 Å². The average Bonchev–Trinajstić information content (AvgIpc) is 3.22. The summed E-state index contributed by atoms with van der Waals surface area (Å²) in [5, 5.41) is 3.48. The van der Waals surface area contributed by atoms with Crippen molar-refractivity contribution >= 4 is 0 Å². The highest BCUT2D eigenvalue weighted by atomic mass is 16.5. The van der Waals surface area contributed by atoms with Crippen molar-refractivity contribution in [3.63, 3.8) is 0 Å². The van der Waals surface area contributed by atoms with E-state index in [0.29, 0.717) is 6.10 Å². The summed E-state index contributed by atoms with van der Waals surface area (Å²) in [4.78, 5) is 4.48. The van der Waals surface area contributed by atoms with E-state index in [9.17, 15) is 0 Å². The van der Waals surface area contributed by atoms with Crippen LogP contribution in [0.4, 0.5) is 0 Å². The Kier molecular flexibility index (Phi) is 4.02. The average molecular weight is 260 g/mol. The number of ether oxygens (including phenoxy) is 1. The molecule has 19 heavy (non-hydrogen) atoms. The van der Waals surface area contributed by atoms with E-state index < -0.39 is 0 Å². The molecule has 0 spiro atoms. The maximum Gasteiger partial charge on any atom is 0.138 e. The molecule has 104 valence electrons. The lowest BCUT2D eigenvalue weighted by molar-refractivity contribution is 0.128. The minimum atomic E-state index is 0.390. The Morgan fingerprint density at radius 3 is 2.84 bits per heavy atom. The summed E-state index contributed by atoms with van der Waals surface area (Å²) in [6.45, 7) is 3.20. The zero-order valence-corrected chi connectivity index (χ0v) is 11.8. The monoisotopic (exact) mass is 260 g/mol. The first kappa shape index (κ1) is 12.9. The summed E-state index contributed by atoms with van der Waals surface area (Å²) < 4.78 is 6.04. The zero-order chi connectivity index (χ0) is 13.1. The first-order valence-electron chi connectivity index (χ1n) is 7.64. The molecule has 0 amide bonds. The fourth-order valence-corrected chi connectivity index (χ4v) is 2.80. The van der Waals surface area contributed by atoms with Gasteiger partial charge in [-0.1, -0.05) is 13.3 Å². The van der Waals surface area contributed by atoms with Crippen molar-refractivity contribution in [3.05, 3.63) is 24.0 Å². The van der Waals surface area contributed by atoms with E-state index in [-0.39, 0.29) is 0 Å². The van der Waals surface area contributed by atoms with E-state index >= 15 is 0 Å². The van der Waals surface area contributed by atoms with E-state index in [0.717, 1.165) is 29.9 Å². The predicted octanol–water partition coefficient (Wildman–Crippen LogP) is 3.29. The molecule has 1 heterocycles. The highest BCUT2D eigenvalue weighted by molar-refractivity contribution is 5.20. The van der Waals surface area contributed by atoms with Gasteiger partial charge in [-0.05, 0) is 50.2 Å². The van der Waals surface area contributed by atoms with Gasteiger partial charge in [0.2, 0.25) is 0 Å². The molecule has 0 bridgehead atoms. The van der Waals surface area contributed by atoms with E-state index in [1.807, 2.05) is 6.20 Å². The molecule has 2 unspecified atom stereocenters. The smallest absolute Gasteiger partial charge is 0.138 e. The van der Waals surface area contributed by atoms with Crippen LogP contribution < -0.4 is 10.1 Å². The van der Waals surface area contributed by atoms with E-state index in [1.165, 1.54) is 38.5 Å². The lowest BCUT2D eigenvalue weighted by Gasteiger charge is -2.27. The number of nitrogens with zero attached hydrogens (tertiary/aromatic N) is 1. The van der Waals surface area contributed by atoms with Gasteiger partial charge in [-0.2, -0.15) is 0 Å². The van der Waals surface area contributed by atoms with Crippen LogP contribution in [-0.4, -0.2) is 17.1 Å². The van der Waals surface area contributed by atoms with Crippen LogP contribution in [-0.2, 0) is 6.54 Å². The number of pyridine rings is 1. The van der Waals surface area contributed by atoms with Gasteiger partial charge in [0, 0.05) is 12.6 Å². The van der Waals surface area contributed by atoms with Crippen LogP contribution >= 0.6 is 0 Å². The molecule has 1 N–H and O–H groups in total. The second-order valence-corrected chi connectivity index (χ2v) is 6.15. The number of rotatable bonds is 5. The van der Waals surface area contributed by atoms with Crippen LogP contribution in [0, 0.1) is 5.92 Å². The summed E-state index contributed by atoms with van der Waals surface area (Å²) in [5.74, 6) is 1.72. The van der Waals surface area contributed by atoms with Crippen molar-refractivity contribution in [2.75, 3.05) is 0 Å². The Bertz CT molecular complexity index is 400.